The molecule has 24 heavy (non-hydrogen) atoms. The number of esters is 1. The zero-order chi connectivity index (χ0) is 18.1. The highest BCUT2D eigenvalue weighted by Crippen LogP contribution is 2.19. The van der Waals surface area contributed by atoms with Crippen LogP contribution in [0.2, 0.25) is 0 Å². The van der Waals surface area contributed by atoms with Crippen LogP contribution in [0.1, 0.15) is 56.5 Å². The van der Waals surface area contributed by atoms with Crippen molar-refractivity contribution in [2.45, 2.75) is 47.1 Å². The van der Waals surface area contributed by atoms with Crippen molar-refractivity contribution < 1.29 is 19.1 Å². The van der Waals surface area contributed by atoms with E-state index in [9.17, 15) is 14.4 Å². The molecule has 0 spiro atoms. The van der Waals surface area contributed by atoms with Crippen LogP contribution < -0.4 is 5.32 Å². The van der Waals surface area contributed by atoms with Crippen LogP contribution >= 0.6 is 0 Å². The second-order valence-electron chi connectivity index (χ2n) is 6.09. The van der Waals surface area contributed by atoms with Crippen LogP contribution in [0.15, 0.2) is 24.3 Å². The van der Waals surface area contributed by atoms with E-state index in [-0.39, 0.29) is 24.2 Å². The van der Waals surface area contributed by atoms with Gasteiger partial charge in [0.1, 0.15) is 6.61 Å². The molecule has 0 aliphatic rings. The molecule has 1 aromatic carbocycles. The molecule has 0 heterocycles. The van der Waals surface area contributed by atoms with Crippen LogP contribution in [-0.2, 0) is 20.9 Å². The molecular weight excluding hydrogens is 306 g/mol. The molecule has 132 valence electrons. The van der Waals surface area contributed by atoms with Gasteiger partial charge in [0.2, 0.25) is 5.91 Å². The van der Waals surface area contributed by atoms with Crippen LogP contribution in [0.5, 0.6) is 0 Å². The minimum atomic E-state index is -0.524. The van der Waals surface area contributed by atoms with Crippen molar-refractivity contribution in [3.05, 3.63) is 35.4 Å². The first kappa shape index (κ1) is 19.9. The average Bonchev–Trinajstić information content (AvgIpc) is 2.58. The van der Waals surface area contributed by atoms with Gasteiger partial charge in [0.05, 0.1) is 5.56 Å². The van der Waals surface area contributed by atoms with Crippen molar-refractivity contribution in [3.8, 4) is 0 Å². The molecule has 1 aromatic rings. The quantitative estimate of drug-likeness (QED) is 0.705. The predicted molar refractivity (Wildman–Crippen MR) is 92.5 cm³/mol. The van der Waals surface area contributed by atoms with Crippen molar-refractivity contribution in [2.24, 2.45) is 11.8 Å². The van der Waals surface area contributed by atoms with Gasteiger partial charge in [0, 0.05) is 12.5 Å². The molecule has 1 rings (SSSR count). The second kappa shape index (κ2) is 9.85. The van der Waals surface area contributed by atoms with E-state index in [4.69, 9.17) is 4.74 Å². The Kier molecular flexibility index (Phi) is 8.16. The predicted octanol–water partition coefficient (Wildman–Crippen LogP) is 3.12. The second-order valence-corrected chi connectivity index (χ2v) is 6.09. The van der Waals surface area contributed by atoms with Gasteiger partial charge in [-0.05, 0) is 37.0 Å². The highest BCUT2D eigenvalue weighted by molar-refractivity contribution is 5.91. The molecule has 2 atom stereocenters. The number of rotatable bonds is 9. The number of carbonyl (C=O) groups is 3. The van der Waals surface area contributed by atoms with Gasteiger partial charge in [0.15, 0.2) is 5.78 Å². The first-order chi connectivity index (χ1) is 11.4. The van der Waals surface area contributed by atoms with Crippen LogP contribution in [0.4, 0.5) is 0 Å². The fourth-order valence-corrected chi connectivity index (χ4v) is 2.46. The molecule has 5 heteroatoms. The van der Waals surface area contributed by atoms with E-state index in [0.717, 1.165) is 18.4 Å². The summed E-state index contributed by atoms with van der Waals surface area (Å²) in [6.45, 7) is 7.78. The zero-order valence-corrected chi connectivity index (χ0v) is 14.9. The maximum atomic E-state index is 12.3. The van der Waals surface area contributed by atoms with Crippen molar-refractivity contribution in [2.75, 3.05) is 6.61 Å². The van der Waals surface area contributed by atoms with Gasteiger partial charge in [-0.15, -0.1) is 0 Å². The van der Waals surface area contributed by atoms with E-state index >= 15 is 0 Å². The normalized spacial score (nSPS) is 13.0. The van der Waals surface area contributed by atoms with Gasteiger partial charge >= 0.3 is 5.97 Å². The summed E-state index contributed by atoms with van der Waals surface area (Å²) in [5, 5.41) is 2.95. The number of benzene rings is 1. The van der Waals surface area contributed by atoms with Gasteiger partial charge < -0.3 is 10.1 Å². The van der Waals surface area contributed by atoms with Crippen molar-refractivity contribution in [3.63, 3.8) is 0 Å². The Morgan fingerprint density at radius 3 is 2.21 bits per heavy atom. The van der Waals surface area contributed by atoms with E-state index in [1.807, 2.05) is 6.92 Å². The maximum absolute atomic E-state index is 12.3. The summed E-state index contributed by atoms with van der Waals surface area (Å²) in [5.74, 6) is -0.279. The Labute approximate surface area is 143 Å². The monoisotopic (exact) mass is 333 g/mol. The summed E-state index contributed by atoms with van der Waals surface area (Å²) < 4.78 is 4.85. The van der Waals surface area contributed by atoms with Crippen LogP contribution in [0.25, 0.3) is 0 Å². The van der Waals surface area contributed by atoms with Crippen LogP contribution in [0.3, 0.4) is 0 Å². The van der Waals surface area contributed by atoms with Gasteiger partial charge in [-0.25, -0.2) is 4.79 Å². The Morgan fingerprint density at radius 2 is 1.71 bits per heavy atom. The first-order valence-corrected chi connectivity index (χ1v) is 8.42. The fourth-order valence-electron chi connectivity index (χ4n) is 2.46. The maximum Gasteiger partial charge on any atom is 0.338 e. The lowest BCUT2D eigenvalue weighted by Gasteiger charge is -2.20. The molecule has 0 saturated carbocycles. The molecule has 0 bridgehead atoms. The Morgan fingerprint density at radius 1 is 1.08 bits per heavy atom. The number of Topliss-reactive ketones (excluding diaryl/α,β-unsaturated/α-hetero) is 1. The lowest BCUT2D eigenvalue weighted by molar-refractivity contribution is -0.126. The third kappa shape index (κ3) is 6.14. The molecule has 0 radical (unpaired) electrons. The summed E-state index contributed by atoms with van der Waals surface area (Å²) in [7, 11) is 0. The smallest absolute Gasteiger partial charge is 0.338 e. The minimum absolute atomic E-state index is 0.0239. The lowest BCUT2D eigenvalue weighted by atomic mass is 9.89. The van der Waals surface area contributed by atoms with E-state index in [0.29, 0.717) is 18.0 Å². The SMILES string of the molecule is CCC(C)C(CC)C(=O)NCc1ccc(C(=O)OCC(C)=O)cc1. The number of nitrogens with one attached hydrogen (secondary N) is 1. The molecule has 5 nitrogen and oxygen atoms in total. The first-order valence-electron chi connectivity index (χ1n) is 8.42. The number of carbonyl (C=O) groups excluding carboxylic acids is 3. The van der Waals surface area contributed by atoms with Crippen molar-refractivity contribution in [1.82, 2.24) is 5.32 Å². The summed E-state index contributed by atoms with van der Waals surface area (Å²) in [5.41, 5.74) is 1.29. The van der Waals surface area contributed by atoms with Crippen LogP contribution in [-0.4, -0.2) is 24.3 Å². The molecule has 1 amide bonds. The third-order valence-corrected chi connectivity index (χ3v) is 4.17. The van der Waals surface area contributed by atoms with E-state index in [1.165, 1.54) is 6.92 Å². The molecule has 0 saturated heterocycles. The van der Waals surface area contributed by atoms with Crippen molar-refractivity contribution >= 4 is 17.7 Å². The molecule has 0 aliphatic heterocycles. The molecule has 0 fully saturated rings. The molecule has 0 aromatic heterocycles. The number of hydrogen-bond donors (Lipinski definition) is 1. The van der Waals surface area contributed by atoms with E-state index < -0.39 is 5.97 Å². The highest BCUT2D eigenvalue weighted by atomic mass is 16.5. The topological polar surface area (TPSA) is 72.5 Å². The molecule has 0 aliphatic carbocycles. The Hall–Kier alpha value is -2.17. The highest BCUT2D eigenvalue weighted by Gasteiger charge is 2.21. The Bertz CT molecular complexity index is 565. The largest absolute Gasteiger partial charge is 0.454 e. The van der Waals surface area contributed by atoms with E-state index in [1.54, 1.807) is 24.3 Å². The zero-order valence-electron chi connectivity index (χ0n) is 14.9. The summed E-state index contributed by atoms with van der Waals surface area (Å²) >= 11 is 0. The van der Waals surface area contributed by atoms with Gasteiger partial charge in [-0.3, -0.25) is 9.59 Å². The van der Waals surface area contributed by atoms with Gasteiger partial charge in [0.25, 0.3) is 0 Å². The standard InChI is InChI=1S/C19H27NO4/c1-5-13(3)17(6-2)18(22)20-11-15-7-9-16(10-8-15)19(23)24-12-14(4)21/h7-10,13,17H,5-6,11-12H2,1-4H3,(H,20,22). The number of hydrogen-bond acceptors (Lipinski definition) is 4. The summed E-state index contributed by atoms with van der Waals surface area (Å²) in [6, 6.07) is 6.82. The van der Waals surface area contributed by atoms with Gasteiger partial charge in [-0.2, -0.15) is 0 Å². The molecule has 1 N–H and O–H groups in total. The fraction of sp³-hybridized carbons (Fsp3) is 0.526. The summed E-state index contributed by atoms with van der Waals surface area (Å²) in [6.07, 6.45) is 1.80. The van der Waals surface area contributed by atoms with Crippen LogP contribution in [0, 0.1) is 11.8 Å². The third-order valence-electron chi connectivity index (χ3n) is 4.17. The number of ether oxygens (including phenoxy) is 1. The average molecular weight is 333 g/mol. The van der Waals surface area contributed by atoms with Gasteiger partial charge in [-0.1, -0.05) is 39.3 Å². The summed E-state index contributed by atoms with van der Waals surface area (Å²) in [4.78, 5) is 34.8. The Balaban J connectivity index is 2.56. The number of ketones is 1. The van der Waals surface area contributed by atoms with Crippen molar-refractivity contribution in [1.29, 1.82) is 0 Å². The number of amides is 1. The van der Waals surface area contributed by atoms with E-state index in [2.05, 4.69) is 19.2 Å². The lowest BCUT2D eigenvalue weighted by Crippen LogP contribution is -2.33. The molecule has 2 unspecified atom stereocenters. The minimum Gasteiger partial charge on any atom is -0.454 e. The molecular formula is C19H27NO4.